The van der Waals surface area contributed by atoms with Gasteiger partial charge in [-0.25, -0.2) is 4.79 Å². The number of esters is 1. The van der Waals surface area contributed by atoms with Crippen LogP contribution in [-0.4, -0.2) is 11.0 Å². The molecule has 0 aliphatic rings. The molecule has 0 saturated carbocycles. The number of aryl methyl sites for hydroxylation is 1. The van der Waals surface area contributed by atoms with Gasteiger partial charge in [-0.1, -0.05) is 0 Å². The first kappa shape index (κ1) is 13.5. The van der Waals surface area contributed by atoms with Crippen molar-refractivity contribution >= 4 is 27.6 Å². The highest BCUT2D eigenvalue weighted by molar-refractivity contribution is 9.10. The Hall–Kier alpha value is -1.88. The lowest BCUT2D eigenvalue weighted by Gasteiger charge is -2.06. The van der Waals surface area contributed by atoms with Gasteiger partial charge in [-0.15, -0.1) is 0 Å². The van der Waals surface area contributed by atoms with Crippen LogP contribution in [0.15, 0.2) is 41.1 Å². The molecule has 4 nitrogen and oxygen atoms in total. The molecular formula is C14H13BrN2O2. The zero-order valence-corrected chi connectivity index (χ0v) is 12.0. The van der Waals surface area contributed by atoms with Crippen LogP contribution in [0, 0.1) is 6.92 Å². The normalized spacial score (nSPS) is 10.2. The molecule has 0 bridgehead atoms. The number of halogens is 1. The van der Waals surface area contributed by atoms with Gasteiger partial charge >= 0.3 is 5.97 Å². The van der Waals surface area contributed by atoms with Crippen molar-refractivity contribution in [3.05, 3.63) is 57.8 Å². The van der Waals surface area contributed by atoms with Gasteiger partial charge in [0.1, 0.15) is 6.61 Å². The van der Waals surface area contributed by atoms with E-state index in [0.29, 0.717) is 11.3 Å². The molecule has 5 heteroatoms. The topological polar surface area (TPSA) is 65.2 Å². The summed E-state index contributed by atoms with van der Waals surface area (Å²) < 4.78 is 6.07. The molecule has 1 aromatic carbocycles. The number of carbonyl (C=O) groups is 1. The summed E-state index contributed by atoms with van der Waals surface area (Å²) in [6.45, 7) is 2.06. The maximum absolute atomic E-state index is 11.9. The smallest absolute Gasteiger partial charge is 0.338 e. The van der Waals surface area contributed by atoms with Crippen molar-refractivity contribution in [2.75, 3.05) is 5.73 Å². The summed E-state index contributed by atoms with van der Waals surface area (Å²) in [5.41, 5.74) is 8.46. The third-order valence-corrected chi connectivity index (χ3v) is 2.90. The summed E-state index contributed by atoms with van der Waals surface area (Å²) in [7, 11) is 0. The fourth-order valence-electron chi connectivity index (χ4n) is 1.70. The van der Waals surface area contributed by atoms with Gasteiger partial charge in [0.05, 0.1) is 5.56 Å². The number of nitrogens with zero attached hydrogens (tertiary/aromatic N) is 1. The van der Waals surface area contributed by atoms with E-state index in [1.807, 2.05) is 13.0 Å². The van der Waals surface area contributed by atoms with Gasteiger partial charge in [-0.05, 0) is 52.7 Å². The summed E-state index contributed by atoms with van der Waals surface area (Å²) in [5, 5.41) is 0. The molecule has 2 rings (SSSR count). The lowest BCUT2D eigenvalue weighted by Crippen LogP contribution is -2.06. The number of benzene rings is 1. The van der Waals surface area contributed by atoms with Crippen molar-refractivity contribution in [2.24, 2.45) is 0 Å². The number of pyridine rings is 1. The van der Waals surface area contributed by atoms with Gasteiger partial charge in [-0.3, -0.25) is 4.98 Å². The fourth-order valence-corrected chi connectivity index (χ4v) is 2.11. The van der Waals surface area contributed by atoms with Gasteiger partial charge < -0.3 is 10.5 Å². The van der Waals surface area contributed by atoms with E-state index in [4.69, 9.17) is 10.5 Å². The first-order valence-corrected chi connectivity index (χ1v) is 6.47. The van der Waals surface area contributed by atoms with E-state index < -0.39 is 5.97 Å². The zero-order chi connectivity index (χ0) is 13.8. The van der Waals surface area contributed by atoms with Crippen LogP contribution in [0.2, 0.25) is 0 Å². The van der Waals surface area contributed by atoms with Crippen LogP contribution in [0.25, 0.3) is 0 Å². The summed E-state index contributed by atoms with van der Waals surface area (Å²) in [6.07, 6.45) is 3.33. The van der Waals surface area contributed by atoms with Crippen LogP contribution < -0.4 is 5.73 Å². The van der Waals surface area contributed by atoms with E-state index in [1.54, 1.807) is 30.6 Å². The van der Waals surface area contributed by atoms with Crippen LogP contribution in [0.4, 0.5) is 5.69 Å². The number of nitrogen functional groups attached to an aromatic ring is 1. The molecule has 2 N–H and O–H groups in total. The van der Waals surface area contributed by atoms with Crippen LogP contribution in [0.1, 0.15) is 21.5 Å². The molecule has 0 aliphatic heterocycles. The first-order chi connectivity index (χ1) is 9.04. The summed E-state index contributed by atoms with van der Waals surface area (Å²) in [5.74, 6) is -0.393. The molecule has 0 amide bonds. The van der Waals surface area contributed by atoms with Gasteiger partial charge in [-0.2, -0.15) is 0 Å². The number of rotatable bonds is 3. The minimum absolute atomic E-state index is 0.180. The van der Waals surface area contributed by atoms with Crippen molar-refractivity contribution in [3.63, 3.8) is 0 Å². The summed E-state index contributed by atoms with van der Waals surface area (Å²) in [4.78, 5) is 15.9. The third kappa shape index (κ3) is 3.79. The Morgan fingerprint density at radius 3 is 2.79 bits per heavy atom. The Morgan fingerprint density at radius 2 is 2.11 bits per heavy atom. The van der Waals surface area contributed by atoms with E-state index in [-0.39, 0.29) is 6.61 Å². The second-order valence-electron chi connectivity index (χ2n) is 4.22. The minimum atomic E-state index is -0.393. The number of anilines is 1. The first-order valence-electron chi connectivity index (χ1n) is 5.68. The van der Waals surface area contributed by atoms with E-state index in [9.17, 15) is 4.79 Å². The highest BCUT2D eigenvalue weighted by atomic mass is 79.9. The van der Waals surface area contributed by atoms with Crippen LogP contribution >= 0.6 is 15.9 Å². The molecule has 19 heavy (non-hydrogen) atoms. The molecule has 0 fully saturated rings. The minimum Gasteiger partial charge on any atom is -0.457 e. The van der Waals surface area contributed by atoms with Crippen molar-refractivity contribution in [1.82, 2.24) is 4.98 Å². The molecule has 0 aliphatic carbocycles. The molecule has 0 radical (unpaired) electrons. The molecule has 1 aromatic heterocycles. The summed E-state index contributed by atoms with van der Waals surface area (Å²) in [6, 6.07) is 7.01. The number of ether oxygens (including phenoxy) is 1. The molecule has 0 unspecified atom stereocenters. The molecule has 98 valence electrons. The fraction of sp³-hybridized carbons (Fsp3) is 0.143. The Kier molecular flexibility index (Phi) is 4.16. The monoisotopic (exact) mass is 320 g/mol. The Morgan fingerprint density at radius 1 is 1.32 bits per heavy atom. The van der Waals surface area contributed by atoms with E-state index in [0.717, 1.165) is 15.6 Å². The van der Waals surface area contributed by atoms with Crippen LogP contribution in [0.3, 0.4) is 0 Å². The number of carbonyl (C=O) groups excluding carboxylic acids is 1. The second-order valence-corrected chi connectivity index (χ2v) is 5.14. The molecule has 0 saturated heterocycles. The lowest BCUT2D eigenvalue weighted by atomic mass is 10.1. The van der Waals surface area contributed by atoms with Gasteiger partial charge in [0, 0.05) is 28.1 Å². The lowest BCUT2D eigenvalue weighted by molar-refractivity contribution is 0.0472. The Balaban J connectivity index is 2.05. The zero-order valence-electron chi connectivity index (χ0n) is 10.4. The van der Waals surface area contributed by atoms with Crippen molar-refractivity contribution < 1.29 is 9.53 Å². The number of hydrogen-bond acceptors (Lipinski definition) is 4. The van der Waals surface area contributed by atoms with Crippen LogP contribution in [-0.2, 0) is 11.3 Å². The average Bonchev–Trinajstić information content (AvgIpc) is 2.35. The van der Waals surface area contributed by atoms with Gasteiger partial charge in [0.25, 0.3) is 0 Å². The third-order valence-electron chi connectivity index (χ3n) is 2.47. The number of nitrogens with two attached hydrogens (primary N) is 1. The maximum atomic E-state index is 11.9. The molecule has 0 spiro atoms. The van der Waals surface area contributed by atoms with E-state index in [2.05, 4.69) is 20.9 Å². The molecule has 1 heterocycles. The molecule has 0 atom stereocenters. The predicted octanol–water partition coefficient (Wildman–Crippen LogP) is 3.09. The molecular weight excluding hydrogens is 308 g/mol. The quantitative estimate of drug-likeness (QED) is 0.697. The van der Waals surface area contributed by atoms with Crippen molar-refractivity contribution in [2.45, 2.75) is 13.5 Å². The predicted molar refractivity (Wildman–Crippen MR) is 76.6 cm³/mol. The second kappa shape index (κ2) is 5.84. The standard InChI is InChI=1S/C14H13BrN2O2/c1-9-2-11(5-13(16)3-9)14(18)19-8-10-4-12(15)7-17-6-10/h2-7H,8,16H2,1H3. The number of aromatic nitrogens is 1. The highest BCUT2D eigenvalue weighted by Gasteiger charge is 2.09. The van der Waals surface area contributed by atoms with Gasteiger partial charge in [0.2, 0.25) is 0 Å². The van der Waals surface area contributed by atoms with E-state index >= 15 is 0 Å². The number of hydrogen-bond donors (Lipinski definition) is 1. The Bertz CT molecular complexity index is 594. The van der Waals surface area contributed by atoms with E-state index in [1.165, 1.54) is 0 Å². The van der Waals surface area contributed by atoms with Crippen molar-refractivity contribution in [3.8, 4) is 0 Å². The SMILES string of the molecule is Cc1cc(N)cc(C(=O)OCc2cncc(Br)c2)c1. The summed E-state index contributed by atoms with van der Waals surface area (Å²) >= 11 is 3.31. The Labute approximate surface area is 119 Å². The van der Waals surface area contributed by atoms with Gasteiger partial charge in [0.15, 0.2) is 0 Å². The van der Waals surface area contributed by atoms with Crippen LogP contribution in [0.5, 0.6) is 0 Å². The molecule has 2 aromatic rings. The average molecular weight is 321 g/mol. The largest absolute Gasteiger partial charge is 0.457 e. The van der Waals surface area contributed by atoms with Crippen molar-refractivity contribution in [1.29, 1.82) is 0 Å². The highest BCUT2D eigenvalue weighted by Crippen LogP contribution is 2.14. The maximum Gasteiger partial charge on any atom is 0.338 e.